The molecule has 3 nitrogen and oxygen atoms in total. The lowest BCUT2D eigenvalue weighted by Crippen LogP contribution is -2.09. The Balaban J connectivity index is 1.73. The largest absolute Gasteiger partial charge is 0.423 e. The fourth-order valence-corrected chi connectivity index (χ4v) is 2.76. The molecule has 4 heteroatoms. The van der Waals surface area contributed by atoms with E-state index in [4.69, 9.17) is 4.74 Å². The van der Waals surface area contributed by atoms with Gasteiger partial charge < -0.3 is 4.74 Å². The minimum atomic E-state index is -0.421. The predicted molar refractivity (Wildman–Crippen MR) is 100 cm³/mol. The summed E-state index contributed by atoms with van der Waals surface area (Å²) in [5, 5.41) is 0. The van der Waals surface area contributed by atoms with Crippen LogP contribution in [0.3, 0.4) is 0 Å². The maximum absolute atomic E-state index is 12.3. The highest BCUT2D eigenvalue weighted by molar-refractivity contribution is 14.1. The molecule has 0 saturated heterocycles. The molecule has 0 fully saturated rings. The lowest BCUT2D eigenvalue weighted by atomic mass is 10.0. The summed E-state index contributed by atoms with van der Waals surface area (Å²) in [4.78, 5) is 24.4. The summed E-state index contributed by atoms with van der Waals surface area (Å²) >= 11 is 2.14. The lowest BCUT2D eigenvalue weighted by molar-refractivity contribution is 0.0734. The van der Waals surface area contributed by atoms with Crippen LogP contribution in [0.4, 0.5) is 0 Å². The first-order valence-corrected chi connectivity index (χ1v) is 8.39. The average Bonchev–Trinajstić information content (AvgIpc) is 2.62. The van der Waals surface area contributed by atoms with E-state index in [0.29, 0.717) is 22.4 Å². The van der Waals surface area contributed by atoms with Gasteiger partial charge in [0.1, 0.15) is 5.75 Å². The summed E-state index contributed by atoms with van der Waals surface area (Å²) < 4.78 is 6.31. The standard InChI is InChI=1S/C20H13IO3/c21-17-8-4-7-16(13-17)20(23)24-18-11-9-15(10-12-18)19(22)14-5-2-1-3-6-14/h1-13H. The van der Waals surface area contributed by atoms with Gasteiger partial charge in [-0.05, 0) is 65.1 Å². The highest BCUT2D eigenvalue weighted by Gasteiger charge is 2.11. The van der Waals surface area contributed by atoms with Gasteiger partial charge in [-0.15, -0.1) is 0 Å². The SMILES string of the molecule is O=C(Oc1ccc(C(=O)c2ccccc2)cc1)c1cccc(I)c1. The van der Waals surface area contributed by atoms with Crippen molar-refractivity contribution in [3.8, 4) is 5.75 Å². The number of ketones is 1. The van der Waals surface area contributed by atoms with Gasteiger partial charge in [0, 0.05) is 14.7 Å². The van der Waals surface area contributed by atoms with Gasteiger partial charge >= 0.3 is 5.97 Å². The third kappa shape index (κ3) is 3.89. The molecule has 0 radical (unpaired) electrons. The predicted octanol–water partition coefficient (Wildman–Crippen LogP) is 4.74. The second kappa shape index (κ2) is 7.40. The van der Waals surface area contributed by atoms with E-state index in [1.54, 1.807) is 54.6 Å². The number of rotatable bonds is 4. The van der Waals surface area contributed by atoms with Gasteiger partial charge in [-0.25, -0.2) is 4.79 Å². The molecule has 0 N–H and O–H groups in total. The number of benzene rings is 3. The molecule has 0 atom stereocenters. The molecular weight excluding hydrogens is 415 g/mol. The Morgan fingerprint density at radius 2 is 1.33 bits per heavy atom. The summed E-state index contributed by atoms with van der Waals surface area (Å²) in [6.45, 7) is 0. The highest BCUT2D eigenvalue weighted by Crippen LogP contribution is 2.17. The van der Waals surface area contributed by atoms with Crippen molar-refractivity contribution in [2.75, 3.05) is 0 Å². The molecule has 3 aromatic rings. The van der Waals surface area contributed by atoms with E-state index in [9.17, 15) is 9.59 Å². The van der Waals surface area contributed by atoms with E-state index in [1.165, 1.54) is 0 Å². The second-order valence-corrected chi connectivity index (χ2v) is 6.37. The zero-order valence-corrected chi connectivity index (χ0v) is 14.8. The summed E-state index contributed by atoms with van der Waals surface area (Å²) in [6, 6.07) is 22.8. The zero-order valence-electron chi connectivity index (χ0n) is 12.6. The Hall–Kier alpha value is -2.47. The minimum Gasteiger partial charge on any atom is -0.423 e. The molecule has 0 unspecified atom stereocenters. The number of hydrogen-bond acceptors (Lipinski definition) is 3. The van der Waals surface area contributed by atoms with Gasteiger partial charge in [0.05, 0.1) is 5.56 Å². The van der Waals surface area contributed by atoms with Crippen LogP contribution in [-0.4, -0.2) is 11.8 Å². The first-order chi connectivity index (χ1) is 11.6. The van der Waals surface area contributed by atoms with Crippen molar-refractivity contribution in [1.82, 2.24) is 0 Å². The minimum absolute atomic E-state index is 0.0638. The maximum atomic E-state index is 12.3. The molecule has 0 aliphatic heterocycles. The fraction of sp³-hybridized carbons (Fsp3) is 0. The molecule has 0 heterocycles. The Labute approximate surface area is 153 Å². The molecule has 3 rings (SSSR count). The molecule has 0 saturated carbocycles. The van der Waals surface area contributed by atoms with Crippen molar-refractivity contribution in [1.29, 1.82) is 0 Å². The fourth-order valence-electron chi connectivity index (χ4n) is 2.21. The first kappa shape index (κ1) is 16.4. The van der Waals surface area contributed by atoms with Crippen LogP contribution in [0.25, 0.3) is 0 Å². The van der Waals surface area contributed by atoms with Crippen molar-refractivity contribution in [3.05, 3.63) is 99.1 Å². The molecule has 0 bridgehead atoms. The molecule has 118 valence electrons. The second-order valence-electron chi connectivity index (χ2n) is 5.12. The van der Waals surface area contributed by atoms with Gasteiger partial charge in [0.25, 0.3) is 0 Å². The Morgan fingerprint density at radius 3 is 2.00 bits per heavy atom. The van der Waals surface area contributed by atoms with Crippen molar-refractivity contribution in [2.24, 2.45) is 0 Å². The Morgan fingerprint density at radius 1 is 0.708 bits per heavy atom. The number of halogens is 1. The topological polar surface area (TPSA) is 43.4 Å². The molecule has 0 aromatic heterocycles. The molecular formula is C20H13IO3. The van der Waals surface area contributed by atoms with Gasteiger partial charge in [-0.1, -0.05) is 36.4 Å². The normalized spacial score (nSPS) is 10.2. The quantitative estimate of drug-likeness (QED) is 0.261. The van der Waals surface area contributed by atoms with Crippen LogP contribution in [-0.2, 0) is 0 Å². The third-order valence-electron chi connectivity index (χ3n) is 3.42. The number of hydrogen-bond donors (Lipinski definition) is 0. The van der Waals surface area contributed by atoms with Crippen molar-refractivity contribution >= 4 is 34.3 Å². The summed E-state index contributed by atoms with van der Waals surface area (Å²) in [6.07, 6.45) is 0. The van der Waals surface area contributed by atoms with E-state index >= 15 is 0 Å². The molecule has 0 aliphatic rings. The van der Waals surface area contributed by atoms with Gasteiger partial charge in [-0.3, -0.25) is 4.79 Å². The Bertz CT molecular complexity index is 871. The summed E-state index contributed by atoms with van der Waals surface area (Å²) in [5.74, 6) is -0.0785. The van der Waals surface area contributed by atoms with Crippen LogP contribution in [0.15, 0.2) is 78.9 Å². The van der Waals surface area contributed by atoms with Gasteiger partial charge in [0.15, 0.2) is 5.78 Å². The van der Waals surface area contributed by atoms with E-state index in [0.717, 1.165) is 3.57 Å². The van der Waals surface area contributed by atoms with E-state index in [2.05, 4.69) is 22.6 Å². The molecule has 3 aromatic carbocycles. The highest BCUT2D eigenvalue weighted by atomic mass is 127. The number of esters is 1. The summed E-state index contributed by atoms with van der Waals surface area (Å²) in [5.41, 5.74) is 1.67. The van der Waals surface area contributed by atoms with Crippen LogP contribution in [0.5, 0.6) is 5.75 Å². The van der Waals surface area contributed by atoms with Gasteiger partial charge in [-0.2, -0.15) is 0 Å². The Kier molecular flexibility index (Phi) is 5.05. The van der Waals surface area contributed by atoms with Crippen LogP contribution in [0.1, 0.15) is 26.3 Å². The zero-order chi connectivity index (χ0) is 16.9. The summed E-state index contributed by atoms with van der Waals surface area (Å²) in [7, 11) is 0. The van der Waals surface area contributed by atoms with E-state index in [-0.39, 0.29) is 5.78 Å². The first-order valence-electron chi connectivity index (χ1n) is 7.31. The average molecular weight is 428 g/mol. The smallest absolute Gasteiger partial charge is 0.343 e. The van der Waals surface area contributed by atoms with Crippen molar-refractivity contribution < 1.29 is 14.3 Å². The lowest BCUT2D eigenvalue weighted by Gasteiger charge is -2.06. The van der Waals surface area contributed by atoms with Crippen molar-refractivity contribution in [3.63, 3.8) is 0 Å². The van der Waals surface area contributed by atoms with Crippen molar-refractivity contribution in [2.45, 2.75) is 0 Å². The van der Waals surface area contributed by atoms with Crippen LogP contribution in [0.2, 0.25) is 0 Å². The molecule has 0 aliphatic carbocycles. The number of carbonyl (C=O) groups is 2. The van der Waals surface area contributed by atoms with Crippen LogP contribution >= 0.6 is 22.6 Å². The third-order valence-corrected chi connectivity index (χ3v) is 4.09. The number of ether oxygens (including phenoxy) is 1. The molecule has 0 spiro atoms. The van der Waals surface area contributed by atoms with Crippen LogP contribution in [0, 0.1) is 3.57 Å². The van der Waals surface area contributed by atoms with Crippen LogP contribution < -0.4 is 4.74 Å². The number of carbonyl (C=O) groups excluding carboxylic acids is 2. The van der Waals surface area contributed by atoms with E-state index < -0.39 is 5.97 Å². The maximum Gasteiger partial charge on any atom is 0.343 e. The molecule has 0 amide bonds. The van der Waals surface area contributed by atoms with E-state index in [1.807, 2.05) is 24.3 Å². The van der Waals surface area contributed by atoms with Gasteiger partial charge in [0.2, 0.25) is 0 Å². The molecule has 24 heavy (non-hydrogen) atoms. The monoisotopic (exact) mass is 428 g/mol.